The molecule has 0 bridgehead atoms. The normalized spacial score (nSPS) is 22.7. The van der Waals surface area contributed by atoms with E-state index in [2.05, 4.69) is 50.1 Å². The maximum atomic E-state index is 13.4. The second-order valence-electron chi connectivity index (χ2n) is 9.98. The molecule has 2 aromatic rings. The Hall–Kier alpha value is -3.23. The van der Waals surface area contributed by atoms with Crippen molar-refractivity contribution in [1.29, 1.82) is 0 Å². The first kappa shape index (κ1) is 24.5. The largest absolute Gasteiger partial charge is 0.466 e. The smallest absolute Gasteiger partial charge is 0.335 e. The van der Waals surface area contributed by atoms with Gasteiger partial charge in [-0.1, -0.05) is 30.3 Å². The van der Waals surface area contributed by atoms with Crippen molar-refractivity contribution in [2.24, 2.45) is 11.8 Å². The Kier molecular flexibility index (Phi) is 7.63. The number of likely N-dealkylation sites (tertiary alicyclic amines) is 1. The lowest BCUT2D eigenvalue weighted by atomic mass is 9.85. The summed E-state index contributed by atoms with van der Waals surface area (Å²) in [7, 11) is 1.40. The van der Waals surface area contributed by atoms with E-state index >= 15 is 0 Å². The molecule has 0 spiro atoms. The molecule has 190 valence electrons. The number of carbonyl (C=O) groups excluding carboxylic acids is 2. The van der Waals surface area contributed by atoms with Gasteiger partial charge in [0.05, 0.1) is 18.2 Å². The molecule has 3 heterocycles. The molecule has 0 saturated carbocycles. The van der Waals surface area contributed by atoms with Crippen LogP contribution in [-0.4, -0.2) is 61.1 Å². The summed E-state index contributed by atoms with van der Waals surface area (Å²) in [6.45, 7) is 4.65. The zero-order chi connectivity index (χ0) is 24.9. The van der Waals surface area contributed by atoms with Crippen LogP contribution in [0.2, 0.25) is 0 Å². The molecule has 2 fully saturated rings. The third-order valence-electron chi connectivity index (χ3n) is 7.67. The summed E-state index contributed by atoms with van der Waals surface area (Å²) in [5.74, 6) is 0.438. The molecule has 2 unspecified atom stereocenters. The molecule has 1 aromatic heterocycles. The third kappa shape index (κ3) is 5.44. The molecule has 1 aliphatic carbocycles. The number of nitrogens with one attached hydrogen (secondary N) is 3. The topological polar surface area (TPSA) is 95.6 Å². The molecule has 8 nitrogen and oxygen atoms in total. The van der Waals surface area contributed by atoms with Crippen LogP contribution in [0.25, 0.3) is 0 Å². The predicted molar refractivity (Wildman–Crippen MR) is 138 cm³/mol. The SMILES string of the molecule is COC(=O)C1=C(NC(=O)c2cccnc2NC2CCN(Cc3ccccc3)CC2)CC2CNCCC12. The molecule has 8 heteroatoms. The molecule has 1 aromatic carbocycles. The van der Waals surface area contributed by atoms with Gasteiger partial charge in [-0.15, -0.1) is 0 Å². The van der Waals surface area contributed by atoms with Gasteiger partial charge in [-0.3, -0.25) is 9.69 Å². The summed E-state index contributed by atoms with van der Waals surface area (Å²) >= 11 is 0. The molecule has 3 N–H and O–H groups in total. The standard InChI is InChI=1S/C28H35N5O3/c1-36-28(35)25-22-9-13-29-17-20(22)16-24(25)32-27(34)23-8-5-12-30-26(23)31-21-10-14-33(15-11-21)18-19-6-3-2-4-7-19/h2-8,12,20-22,29H,9-11,13-18H2,1H3,(H,30,31)(H,32,34). The highest BCUT2D eigenvalue weighted by Crippen LogP contribution is 2.40. The van der Waals surface area contributed by atoms with Crippen LogP contribution in [0, 0.1) is 11.8 Å². The molecular weight excluding hydrogens is 454 g/mol. The molecule has 0 radical (unpaired) electrons. The number of hydrogen-bond acceptors (Lipinski definition) is 7. The third-order valence-corrected chi connectivity index (χ3v) is 7.67. The Labute approximate surface area is 212 Å². The molecule has 1 amide bonds. The van der Waals surface area contributed by atoms with Crippen LogP contribution in [-0.2, 0) is 16.1 Å². The molecule has 36 heavy (non-hydrogen) atoms. The van der Waals surface area contributed by atoms with Crippen molar-refractivity contribution in [3.05, 3.63) is 71.1 Å². The number of hydrogen-bond donors (Lipinski definition) is 3. The molecular formula is C28H35N5O3. The van der Waals surface area contributed by atoms with Gasteiger partial charge in [-0.2, -0.15) is 0 Å². The van der Waals surface area contributed by atoms with Gasteiger partial charge in [0.1, 0.15) is 5.82 Å². The number of fused-ring (bicyclic) bond motifs is 1. The summed E-state index contributed by atoms with van der Waals surface area (Å²) in [4.78, 5) is 32.9. The lowest BCUT2D eigenvalue weighted by molar-refractivity contribution is -0.136. The first-order chi connectivity index (χ1) is 17.6. The van der Waals surface area contributed by atoms with Gasteiger partial charge in [0, 0.05) is 37.6 Å². The van der Waals surface area contributed by atoms with Crippen molar-refractivity contribution >= 4 is 17.7 Å². The van der Waals surface area contributed by atoms with Gasteiger partial charge < -0.3 is 20.7 Å². The van der Waals surface area contributed by atoms with Crippen molar-refractivity contribution in [3.8, 4) is 0 Å². The van der Waals surface area contributed by atoms with Crippen molar-refractivity contribution in [1.82, 2.24) is 20.5 Å². The molecule has 3 aliphatic rings. The number of anilines is 1. The van der Waals surface area contributed by atoms with E-state index in [-0.39, 0.29) is 23.8 Å². The van der Waals surface area contributed by atoms with Crippen LogP contribution in [0.1, 0.15) is 41.6 Å². The maximum absolute atomic E-state index is 13.4. The number of pyridine rings is 1. The summed E-state index contributed by atoms with van der Waals surface area (Å²) < 4.78 is 5.07. The number of methoxy groups -OCH3 is 1. The van der Waals surface area contributed by atoms with E-state index in [0.717, 1.165) is 52.0 Å². The average molecular weight is 490 g/mol. The molecule has 5 rings (SSSR count). The second kappa shape index (κ2) is 11.2. The van der Waals surface area contributed by atoms with Crippen LogP contribution >= 0.6 is 0 Å². The van der Waals surface area contributed by atoms with Crippen LogP contribution < -0.4 is 16.0 Å². The Bertz CT molecular complexity index is 1110. The first-order valence-electron chi connectivity index (χ1n) is 12.9. The van der Waals surface area contributed by atoms with Crippen molar-refractivity contribution < 1.29 is 14.3 Å². The van der Waals surface area contributed by atoms with Crippen LogP contribution in [0.4, 0.5) is 5.82 Å². The maximum Gasteiger partial charge on any atom is 0.335 e. The summed E-state index contributed by atoms with van der Waals surface area (Å²) in [6.07, 6.45) is 5.21. The minimum Gasteiger partial charge on any atom is -0.466 e. The Balaban J connectivity index is 1.24. The highest BCUT2D eigenvalue weighted by atomic mass is 16.5. The number of piperidine rings is 2. The highest BCUT2D eigenvalue weighted by Gasteiger charge is 2.40. The number of ether oxygens (including phenoxy) is 1. The first-order valence-corrected chi connectivity index (χ1v) is 12.9. The fourth-order valence-corrected chi connectivity index (χ4v) is 5.79. The van der Waals surface area contributed by atoms with Gasteiger partial charge in [0.25, 0.3) is 5.91 Å². The lowest BCUT2D eigenvalue weighted by Gasteiger charge is -2.33. The van der Waals surface area contributed by atoms with Gasteiger partial charge in [-0.05, 0) is 68.3 Å². The minimum absolute atomic E-state index is 0.126. The van der Waals surface area contributed by atoms with E-state index in [1.807, 2.05) is 6.07 Å². The van der Waals surface area contributed by atoms with Crippen molar-refractivity contribution in [2.75, 3.05) is 38.6 Å². The number of aromatic nitrogens is 1. The van der Waals surface area contributed by atoms with E-state index < -0.39 is 0 Å². The van der Waals surface area contributed by atoms with E-state index in [9.17, 15) is 9.59 Å². The quantitative estimate of drug-likeness (QED) is 0.515. The number of amides is 1. The number of allylic oxidation sites excluding steroid dienone is 1. The summed E-state index contributed by atoms with van der Waals surface area (Å²) in [5, 5.41) is 9.97. The van der Waals surface area contributed by atoms with E-state index in [1.165, 1.54) is 12.7 Å². The van der Waals surface area contributed by atoms with E-state index in [1.54, 1.807) is 18.3 Å². The summed E-state index contributed by atoms with van der Waals surface area (Å²) in [6, 6.07) is 14.4. The monoisotopic (exact) mass is 489 g/mol. The Morgan fingerprint density at radius 2 is 1.92 bits per heavy atom. The van der Waals surface area contributed by atoms with Gasteiger partial charge in [0.15, 0.2) is 0 Å². The van der Waals surface area contributed by atoms with Gasteiger partial charge in [0.2, 0.25) is 0 Å². The Morgan fingerprint density at radius 1 is 1.11 bits per heavy atom. The zero-order valence-electron chi connectivity index (χ0n) is 20.8. The fourth-order valence-electron chi connectivity index (χ4n) is 5.79. The van der Waals surface area contributed by atoms with Crippen LogP contribution in [0.3, 0.4) is 0 Å². The average Bonchev–Trinajstić information content (AvgIpc) is 3.28. The number of carbonyl (C=O) groups is 2. The predicted octanol–water partition coefficient (Wildman–Crippen LogP) is 2.94. The van der Waals surface area contributed by atoms with E-state index in [0.29, 0.717) is 35.0 Å². The summed E-state index contributed by atoms with van der Waals surface area (Å²) in [5.41, 5.74) is 3.14. The van der Waals surface area contributed by atoms with E-state index in [4.69, 9.17) is 4.74 Å². The molecule has 2 atom stereocenters. The van der Waals surface area contributed by atoms with Crippen LogP contribution in [0.5, 0.6) is 0 Å². The number of rotatable bonds is 7. The van der Waals surface area contributed by atoms with Crippen LogP contribution in [0.15, 0.2) is 59.9 Å². The lowest BCUT2D eigenvalue weighted by Crippen LogP contribution is -2.39. The number of benzene rings is 1. The second-order valence-corrected chi connectivity index (χ2v) is 9.98. The van der Waals surface area contributed by atoms with Crippen molar-refractivity contribution in [2.45, 2.75) is 38.3 Å². The highest BCUT2D eigenvalue weighted by molar-refractivity contribution is 6.01. The fraction of sp³-hybridized carbons (Fsp3) is 0.464. The molecule has 2 aliphatic heterocycles. The Morgan fingerprint density at radius 3 is 2.69 bits per heavy atom. The van der Waals surface area contributed by atoms with Gasteiger partial charge in [-0.25, -0.2) is 9.78 Å². The number of nitrogens with zero attached hydrogens (tertiary/aromatic N) is 2. The van der Waals surface area contributed by atoms with Gasteiger partial charge >= 0.3 is 5.97 Å². The van der Waals surface area contributed by atoms with Crippen molar-refractivity contribution in [3.63, 3.8) is 0 Å². The number of esters is 1. The minimum atomic E-state index is -0.341. The zero-order valence-corrected chi connectivity index (χ0v) is 20.8. The molecule has 2 saturated heterocycles.